The number of aromatic nitrogens is 4. The molecule has 1 saturated heterocycles. The summed E-state index contributed by atoms with van der Waals surface area (Å²) in [6, 6.07) is 6.13. The van der Waals surface area contributed by atoms with Gasteiger partial charge in [0.1, 0.15) is 11.6 Å². The Morgan fingerprint density at radius 3 is 2.88 bits per heavy atom. The summed E-state index contributed by atoms with van der Waals surface area (Å²) < 4.78 is 1.80. The van der Waals surface area contributed by atoms with Crippen LogP contribution in [0.1, 0.15) is 64.5 Å². The Bertz CT molecular complexity index is 1130. The summed E-state index contributed by atoms with van der Waals surface area (Å²) in [5.41, 5.74) is 10.7. The normalized spacial score (nSPS) is 17.9. The number of nitrogen functional groups attached to an aromatic ring is 1. The molecule has 8 nitrogen and oxygen atoms in total. The van der Waals surface area contributed by atoms with Gasteiger partial charge in [-0.1, -0.05) is 6.07 Å². The van der Waals surface area contributed by atoms with Gasteiger partial charge in [0, 0.05) is 31.2 Å². The van der Waals surface area contributed by atoms with Crippen LogP contribution in [-0.4, -0.2) is 38.7 Å². The molecule has 32 heavy (non-hydrogen) atoms. The van der Waals surface area contributed by atoms with E-state index in [-0.39, 0.29) is 11.9 Å². The zero-order valence-electron chi connectivity index (χ0n) is 18.4. The maximum absolute atomic E-state index is 12.8. The Morgan fingerprint density at radius 2 is 2.06 bits per heavy atom. The number of pyridine rings is 2. The van der Waals surface area contributed by atoms with Gasteiger partial charge >= 0.3 is 0 Å². The number of hydrogen-bond acceptors (Lipinski definition) is 6. The highest BCUT2D eigenvalue weighted by Gasteiger charge is 2.26. The molecule has 0 saturated carbocycles. The smallest absolute Gasteiger partial charge is 0.254 e. The van der Waals surface area contributed by atoms with Crippen molar-refractivity contribution < 1.29 is 4.79 Å². The maximum atomic E-state index is 12.8. The molecule has 166 valence electrons. The molecule has 1 aliphatic carbocycles. The minimum atomic E-state index is -0.125. The van der Waals surface area contributed by atoms with E-state index in [2.05, 4.69) is 32.4 Å². The summed E-state index contributed by atoms with van der Waals surface area (Å²) in [6.45, 7) is 4.79. The fourth-order valence-corrected chi connectivity index (χ4v) is 4.74. The summed E-state index contributed by atoms with van der Waals surface area (Å²) in [5, 5.41) is 7.52. The van der Waals surface area contributed by atoms with Crippen LogP contribution in [0.2, 0.25) is 0 Å². The van der Waals surface area contributed by atoms with E-state index in [1.165, 1.54) is 19.3 Å². The molecule has 1 atom stereocenters. The van der Waals surface area contributed by atoms with Crippen molar-refractivity contribution in [3.05, 3.63) is 64.7 Å². The first-order chi connectivity index (χ1) is 15.6. The molecule has 2 aliphatic rings. The molecule has 3 aromatic heterocycles. The minimum Gasteiger partial charge on any atom is -0.383 e. The molecule has 3 aromatic rings. The quantitative estimate of drug-likeness (QED) is 0.644. The topological polar surface area (TPSA) is 102 Å². The molecule has 0 bridgehead atoms. The highest BCUT2D eigenvalue weighted by atomic mass is 16.1. The number of hydrogen-bond donors (Lipinski definition) is 2. The first-order valence-corrected chi connectivity index (χ1v) is 11.4. The summed E-state index contributed by atoms with van der Waals surface area (Å²) in [6.07, 6.45) is 10.6. The second-order valence-corrected chi connectivity index (χ2v) is 8.72. The van der Waals surface area contributed by atoms with E-state index in [9.17, 15) is 4.79 Å². The first kappa shape index (κ1) is 20.5. The maximum Gasteiger partial charge on any atom is 0.254 e. The number of fused-ring (bicyclic) bond motifs is 1. The monoisotopic (exact) mass is 431 g/mol. The van der Waals surface area contributed by atoms with Crippen LogP contribution in [0.3, 0.4) is 0 Å². The lowest BCUT2D eigenvalue weighted by Crippen LogP contribution is -2.30. The van der Waals surface area contributed by atoms with Crippen molar-refractivity contribution >= 4 is 17.5 Å². The van der Waals surface area contributed by atoms with Crippen LogP contribution in [0.25, 0.3) is 0 Å². The molecule has 8 heteroatoms. The van der Waals surface area contributed by atoms with Crippen molar-refractivity contribution in [2.75, 3.05) is 23.7 Å². The van der Waals surface area contributed by atoms with Crippen molar-refractivity contribution in [1.29, 1.82) is 0 Å². The molecule has 0 aromatic carbocycles. The zero-order chi connectivity index (χ0) is 22.1. The van der Waals surface area contributed by atoms with E-state index in [4.69, 9.17) is 10.7 Å². The van der Waals surface area contributed by atoms with E-state index >= 15 is 0 Å². The van der Waals surface area contributed by atoms with Gasteiger partial charge in [0.25, 0.3) is 5.91 Å². The molecule has 0 radical (unpaired) electrons. The number of carbonyl (C=O) groups is 1. The number of aryl methyl sites for hydroxylation is 1. The van der Waals surface area contributed by atoms with E-state index in [0.29, 0.717) is 17.9 Å². The summed E-state index contributed by atoms with van der Waals surface area (Å²) in [4.78, 5) is 24.2. The third-order valence-corrected chi connectivity index (χ3v) is 6.58. The minimum absolute atomic E-state index is 0.0417. The molecule has 1 fully saturated rings. The zero-order valence-corrected chi connectivity index (χ0v) is 18.4. The number of amides is 1. The standard InChI is InChI=1S/C24H29N7O/c1-16-17(5-8-22(28-16)30-11-3-2-4-12-30)14-31-15-18(13-27-31)24(32)29-21-7-6-20-19(21)9-10-26-23(20)25/h5,8-10,13,15,21H,2-4,6-7,11-12,14H2,1H3,(H2,25,26)(H,29,32)/t21-/m1/s1. The molecule has 1 aliphatic heterocycles. The number of nitrogens with zero attached hydrogens (tertiary/aromatic N) is 5. The van der Waals surface area contributed by atoms with Gasteiger partial charge in [-0.05, 0) is 67.9 Å². The highest BCUT2D eigenvalue weighted by Crippen LogP contribution is 2.33. The highest BCUT2D eigenvalue weighted by molar-refractivity contribution is 5.94. The Morgan fingerprint density at radius 1 is 1.22 bits per heavy atom. The van der Waals surface area contributed by atoms with Crippen LogP contribution in [0.4, 0.5) is 11.6 Å². The van der Waals surface area contributed by atoms with Crippen LogP contribution in [-0.2, 0) is 13.0 Å². The van der Waals surface area contributed by atoms with Crippen LogP contribution in [0.5, 0.6) is 0 Å². The van der Waals surface area contributed by atoms with E-state index in [1.807, 2.05) is 13.0 Å². The van der Waals surface area contributed by atoms with Gasteiger partial charge in [-0.2, -0.15) is 5.10 Å². The second kappa shape index (κ2) is 8.61. The van der Waals surface area contributed by atoms with Gasteiger partial charge in [-0.25, -0.2) is 9.97 Å². The Hall–Kier alpha value is -3.42. The first-order valence-electron chi connectivity index (χ1n) is 11.4. The average molecular weight is 432 g/mol. The van der Waals surface area contributed by atoms with Gasteiger partial charge in [-0.15, -0.1) is 0 Å². The third-order valence-electron chi connectivity index (χ3n) is 6.58. The molecular weight excluding hydrogens is 402 g/mol. The van der Waals surface area contributed by atoms with E-state index < -0.39 is 0 Å². The lowest BCUT2D eigenvalue weighted by atomic mass is 10.1. The lowest BCUT2D eigenvalue weighted by Gasteiger charge is -2.28. The van der Waals surface area contributed by atoms with Gasteiger partial charge in [0.05, 0.1) is 24.3 Å². The fourth-order valence-electron chi connectivity index (χ4n) is 4.74. The van der Waals surface area contributed by atoms with E-state index in [1.54, 1.807) is 23.3 Å². The van der Waals surface area contributed by atoms with Crippen LogP contribution >= 0.6 is 0 Å². The van der Waals surface area contributed by atoms with Gasteiger partial charge in [-0.3, -0.25) is 9.48 Å². The van der Waals surface area contributed by atoms with E-state index in [0.717, 1.165) is 54.1 Å². The van der Waals surface area contributed by atoms with Crippen LogP contribution in [0.15, 0.2) is 36.8 Å². The molecule has 0 spiro atoms. The molecule has 4 heterocycles. The van der Waals surface area contributed by atoms with Crippen molar-refractivity contribution in [1.82, 2.24) is 25.1 Å². The molecule has 3 N–H and O–H groups in total. The summed E-state index contributed by atoms with van der Waals surface area (Å²) in [7, 11) is 0. The number of nitrogens with two attached hydrogens (primary N) is 1. The number of anilines is 2. The fraction of sp³-hybridized carbons (Fsp3) is 0.417. The van der Waals surface area contributed by atoms with Crippen molar-refractivity contribution in [3.63, 3.8) is 0 Å². The average Bonchev–Trinajstić information content (AvgIpc) is 3.44. The number of nitrogens with one attached hydrogen (secondary N) is 1. The van der Waals surface area contributed by atoms with Crippen molar-refractivity contribution in [3.8, 4) is 0 Å². The SMILES string of the molecule is Cc1nc(N2CCCCC2)ccc1Cn1cc(C(=O)N[C@@H]2CCc3c2ccnc3N)cn1. The van der Waals surface area contributed by atoms with Crippen LogP contribution in [0, 0.1) is 6.92 Å². The number of carbonyl (C=O) groups excluding carboxylic acids is 1. The van der Waals surface area contributed by atoms with Gasteiger partial charge < -0.3 is 16.0 Å². The molecule has 5 rings (SSSR count). The predicted octanol–water partition coefficient (Wildman–Crippen LogP) is 3.02. The molecule has 0 unspecified atom stereocenters. The lowest BCUT2D eigenvalue weighted by molar-refractivity contribution is 0.0936. The Balaban J connectivity index is 1.24. The van der Waals surface area contributed by atoms with Crippen molar-refractivity contribution in [2.45, 2.75) is 51.6 Å². The largest absolute Gasteiger partial charge is 0.383 e. The predicted molar refractivity (Wildman–Crippen MR) is 124 cm³/mol. The van der Waals surface area contributed by atoms with Crippen molar-refractivity contribution in [2.24, 2.45) is 0 Å². The Kier molecular flexibility index (Phi) is 5.51. The summed E-state index contributed by atoms with van der Waals surface area (Å²) in [5.74, 6) is 1.49. The van der Waals surface area contributed by atoms with Crippen LogP contribution < -0.4 is 16.0 Å². The number of piperidine rings is 1. The summed E-state index contributed by atoms with van der Waals surface area (Å²) >= 11 is 0. The third kappa shape index (κ3) is 4.04. The molecular formula is C24H29N7O. The van der Waals surface area contributed by atoms with Gasteiger partial charge in [0.15, 0.2) is 0 Å². The Labute approximate surface area is 187 Å². The molecule has 1 amide bonds. The second-order valence-electron chi connectivity index (χ2n) is 8.72. The van der Waals surface area contributed by atoms with Gasteiger partial charge in [0.2, 0.25) is 0 Å². The number of rotatable bonds is 5.